The van der Waals surface area contributed by atoms with E-state index in [0.717, 1.165) is 0 Å². The van der Waals surface area contributed by atoms with Gasteiger partial charge in [-0.1, -0.05) is 6.92 Å². The lowest BCUT2D eigenvalue weighted by atomic mass is 10.5. The van der Waals surface area contributed by atoms with Crippen LogP contribution >= 0.6 is 0 Å². The Morgan fingerprint density at radius 2 is 2.20 bits per heavy atom. The lowest BCUT2D eigenvalue weighted by Crippen LogP contribution is -2.29. The zero-order valence-corrected chi connectivity index (χ0v) is 12.2. The maximum absolute atomic E-state index is 11.6. The minimum absolute atomic E-state index is 0.0147. The summed E-state index contributed by atoms with van der Waals surface area (Å²) in [6.07, 6.45) is 5.28. The smallest absolute Gasteiger partial charge is 0.213 e. The standard InChI is InChI=1S/C11H18N6O2S/c1-3-15-20(18,19)7-5-13-10-11-14-4-6-17(11)8-9(12-2)16-10/h4,6,8,12,15H,3,5,7H2,1-2H3,(H,13,16). The first kappa shape index (κ1) is 14.5. The van der Waals surface area contributed by atoms with Crippen molar-refractivity contribution in [1.82, 2.24) is 19.1 Å². The third-order valence-corrected chi connectivity index (χ3v) is 4.13. The normalized spacial score (nSPS) is 11.7. The van der Waals surface area contributed by atoms with E-state index in [2.05, 4.69) is 25.3 Å². The number of fused-ring (bicyclic) bond motifs is 1. The van der Waals surface area contributed by atoms with Gasteiger partial charge in [0.1, 0.15) is 5.82 Å². The highest BCUT2D eigenvalue weighted by molar-refractivity contribution is 7.89. The molecule has 2 aromatic rings. The van der Waals surface area contributed by atoms with Gasteiger partial charge < -0.3 is 15.0 Å². The fourth-order valence-corrected chi connectivity index (χ4v) is 2.72. The number of anilines is 2. The number of nitrogens with zero attached hydrogens (tertiary/aromatic N) is 3. The zero-order valence-electron chi connectivity index (χ0n) is 11.4. The zero-order chi connectivity index (χ0) is 14.6. The van der Waals surface area contributed by atoms with Crippen LogP contribution in [0.2, 0.25) is 0 Å². The number of rotatable bonds is 7. The summed E-state index contributed by atoms with van der Waals surface area (Å²) in [4.78, 5) is 8.53. The van der Waals surface area contributed by atoms with Crippen molar-refractivity contribution >= 4 is 27.3 Å². The van der Waals surface area contributed by atoms with Crippen molar-refractivity contribution in [3.05, 3.63) is 18.6 Å². The van der Waals surface area contributed by atoms with Crippen LogP contribution in [0.5, 0.6) is 0 Å². The number of hydrogen-bond acceptors (Lipinski definition) is 6. The third-order valence-electron chi connectivity index (χ3n) is 2.66. The Bertz CT molecular complexity index is 681. The van der Waals surface area contributed by atoms with Crippen molar-refractivity contribution in [2.75, 3.05) is 36.5 Å². The van der Waals surface area contributed by atoms with E-state index < -0.39 is 10.0 Å². The van der Waals surface area contributed by atoms with Gasteiger partial charge in [-0.3, -0.25) is 0 Å². The van der Waals surface area contributed by atoms with Gasteiger partial charge in [0, 0.05) is 32.5 Å². The molecule has 0 radical (unpaired) electrons. The van der Waals surface area contributed by atoms with E-state index in [1.807, 2.05) is 10.6 Å². The summed E-state index contributed by atoms with van der Waals surface area (Å²) in [5.74, 6) is 1.21. The second-order valence-electron chi connectivity index (χ2n) is 4.13. The van der Waals surface area contributed by atoms with E-state index in [-0.39, 0.29) is 12.3 Å². The average molecular weight is 298 g/mol. The maximum Gasteiger partial charge on any atom is 0.213 e. The van der Waals surface area contributed by atoms with Gasteiger partial charge in [-0.05, 0) is 0 Å². The molecule has 0 bridgehead atoms. The molecule has 110 valence electrons. The van der Waals surface area contributed by atoms with Crippen molar-refractivity contribution in [1.29, 1.82) is 0 Å². The molecule has 0 fully saturated rings. The molecule has 3 N–H and O–H groups in total. The van der Waals surface area contributed by atoms with Gasteiger partial charge in [0.15, 0.2) is 11.5 Å². The van der Waals surface area contributed by atoms with Crippen LogP contribution in [-0.4, -0.2) is 48.7 Å². The predicted molar refractivity (Wildman–Crippen MR) is 78.5 cm³/mol. The highest BCUT2D eigenvalue weighted by Gasteiger charge is 2.10. The minimum atomic E-state index is -3.24. The number of imidazole rings is 1. The number of sulfonamides is 1. The van der Waals surface area contributed by atoms with Crippen molar-refractivity contribution < 1.29 is 8.42 Å². The highest BCUT2D eigenvalue weighted by atomic mass is 32.2. The summed E-state index contributed by atoms with van der Waals surface area (Å²) in [6.45, 7) is 2.40. The molecule has 0 saturated carbocycles. The van der Waals surface area contributed by atoms with Gasteiger partial charge in [-0.25, -0.2) is 23.1 Å². The highest BCUT2D eigenvalue weighted by Crippen LogP contribution is 2.15. The first-order valence-electron chi connectivity index (χ1n) is 6.28. The van der Waals surface area contributed by atoms with Crippen molar-refractivity contribution in [3.63, 3.8) is 0 Å². The molecule has 0 spiro atoms. The maximum atomic E-state index is 11.6. The predicted octanol–water partition coefficient (Wildman–Crippen LogP) is 0.122. The number of hydrogen-bond donors (Lipinski definition) is 3. The average Bonchev–Trinajstić information content (AvgIpc) is 2.86. The molecular formula is C11H18N6O2S. The van der Waals surface area contributed by atoms with Crippen LogP contribution in [0.1, 0.15) is 6.92 Å². The van der Waals surface area contributed by atoms with E-state index in [1.165, 1.54) is 0 Å². The number of nitrogens with one attached hydrogen (secondary N) is 3. The molecule has 2 rings (SSSR count). The largest absolute Gasteiger partial charge is 0.372 e. The van der Waals surface area contributed by atoms with E-state index in [0.29, 0.717) is 23.8 Å². The van der Waals surface area contributed by atoms with E-state index >= 15 is 0 Å². The Labute approximate surface area is 117 Å². The molecule has 8 nitrogen and oxygen atoms in total. The summed E-state index contributed by atoms with van der Waals surface area (Å²) in [5.41, 5.74) is 0.657. The Hall–Kier alpha value is -1.87. The Morgan fingerprint density at radius 1 is 1.40 bits per heavy atom. The summed E-state index contributed by atoms with van der Waals surface area (Å²) in [5, 5.41) is 5.96. The van der Waals surface area contributed by atoms with Crippen LogP contribution in [0.25, 0.3) is 5.65 Å². The van der Waals surface area contributed by atoms with Crippen molar-refractivity contribution in [2.24, 2.45) is 0 Å². The van der Waals surface area contributed by atoms with Gasteiger partial charge >= 0.3 is 0 Å². The fraction of sp³-hybridized carbons (Fsp3) is 0.455. The molecule has 0 aromatic carbocycles. The van der Waals surface area contributed by atoms with Crippen LogP contribution in [0, 0.1) is 0 Å². The van der Waals surface area contributed by atoms with Gasteiger partial charge in [-0.2, -0.15) is 0 Å². The summed E-state index contributed by atoms with van der Waals surface area (Å²) in [6, 6.07) is 0. The van der Waals surface area contributed by atoms with Gasteiger partial charge in [0.2, 0.25) is 10.0 Å². The molecule has 0 atom stereocenters. The van der Waals surface area contributed by atoms with Crippen LogP contribution in [0.3, 0.4) is 0 Å². The van der Waals surface area contributed by atoms with E-state index in [4.69, 9.17) is 0 Å². The number of aromatic nitrogens is 3. The Balaban J connectivity index is 2.11. The topological polar surface area (TPSA) is 100 Å². The third kappa shape index (κ3) is 3.36. The second-order valence-corrected chi connectivity index (χ2v) is 6.05. The molecule has 0 aliphatic rings. The Morgan fingerprint density at radius 3 is 2.90 bits per heavy atom. The fourth-order valence-electron chi connectivity index (χ4n) is 1.77. The van der Waals surface area contributed by atoms with Gasteiger partial charge in [0.05, 0.1) is 11.9 Å². The van der Waals surface area contributed by atoms with Crippen LogP contribution in [0.4, 0.5) is 11.6 Å². The second kappa shape index (κ2) is 6.06. The van der Waals surface area contributed by atoms with Gasteiger partial charge in [-0.15, -0.1) is 0 Å². The molecule has 2 aromatic heterocycles. The molecule has 20 heavy (non-hydrogen) atoms. The lowest BCUT2D eigenvalue weighted by molar-refractivity contribution is 0.584. The van der Waals surface area contributed by atoms with Crippen LogP contribution in [0.15, 0.2) is 18.6 Å². The first-order valence-corrected chi connectivity index (χ1v) is 7.93. The SMILES string of the molecule is CCNS(=O)(=O)CCNc1nc(NC)cn2ccnc12. The minimum Gasteiger partial charge on any atom is -0.372 e. The molecule has 2 heterocycles. The van der Waals surface area contributed by atoms with Gasteiger partial charge in [0.25, 0.3) is 0 Å². The van der Waals surface area contributed by atoms with Crippen LogP contribution in [-0.2, 0) is 10.0 Å². The summed E-state index contributed by atoms with van der Waals surface area (Å²) in [7, 11) is -1.47. The van der Waals surface area contributed by atoms with Crippen LogP contribution < -0.4 is 15.4 Å². The molecule has 0 aliphatic carbocycles. The molecule has 0 amide bonds. The lowest BCUT2D eigenvalue weighted by Gasteiger charge is -2.09. The van der Waals surface area contributed by atoms with Crippen molar-refractivity contribution in [2.45, 2.75) is 6.92 Å². The molecule has 9 heteroatoms. The van der Waals surface area contributed by atoms with Crippen molar-refractivity contribution in [3.8, 4) is 0 Å². The summed E-state index contributed by atoms with van der Waals surface area (Å²) >= 11 is 0. The summed E-state index contributed by atoms with van der Waals surface area (Å²) < 4.78 is 27.4. The molecule has 0 aliphatic heterocycles. The monoisotopic (exact) mass is 298 g/mol. The van der Waals surface area contributed by atoms with E-state index in [1.54, 1.807) is 26.4 Å². The molecule has 0 unspecified atom stereocenters. The quantitative estimate of drug-likeness (QED) is 0.671. The molecule has 0 saturated heterocycles. The Kier molecular flexibility index (Phi) is 4.40. The first-order chi connectivity index (χ1) is 9.55. The molecular weight excluding hydrogens is 280 g/mol. The van der Waals surface area contributed by atoms with E-state index in [9.17, 15) is 8.42 Å².